The molecule has 1 N–H and O–H groups in total. The minimum Gasteiger partial charge on any atom is -0.495 e. The molecule has 6 aromatic rings. The summed E-state index contributed by atoms with van der Waals surface area (Å²) >= 11 is 0. The van der Waals surface area contributed by atoms with Crippen molar-refractivity contribution in [3.63, 3.8) is 0 Å². The quantitative estimate of drug-likeness (QED) is 0.274. The van der Waals surface area contributed by atoms with Crippen LogP contribution in [0.2, 0.25) is 0 Å². The van der Waals surface area contributed by atoms with Crippen molar-refractivity contribution in [2.45, 2.75) is 33.7 Å². The minimum atomic E-state index is -0.213. The fraction of sp³-hybridized carbons (Fsp3) is 0.294. The van der Waals surface area contributed by atoms with Crippen molar-refractivity contribution in [2.24, 2.45) is 0 Å². The molecule has 0 amide bonds. The number of nitrogens with one attached hydrogen (secondary N) is 1. The zero-order valence-corrected chi connectivity index (χ0v) is 25.7. The number of hydrogen-bond acceptors (Lipinski definition) is 8. The number of anilines is 3. The Kier molecular flexibility index (Phi) is 6.93. The minimum absolute atomic E-state index is 0.213. The zero-order valence-electron chi connectivity index (χ0n) is 25.7. The Labute approximate surface area is 255 Å². The van der Waals surface area contributed by atoms with Crippen LogP contribution in [0.25, 0.3) is 33.5 Å². The number of nitrogens with zero attached hydrogens (tertiary/aromatic N) is 7. The molecule has 1 aliphatic heterocycles. The molecule has 0 saturated carbocycles. The standard InChI is InChI=1S/C34H36N8O2/c1-21(2)39-15-17-40(18-16-39)28-14-13-24(19-29(28)44-5)36-33-35-20-25-31(38-33)41-27-12-7-6-11-26(27)37-34(41)42(32(25)43)30-22(3)9-8-10-23(30)4/h6-14,19-21H,15-18H2,1-5H3,(H,35,36,38). The normalized spacial score (nSPS) is 14.3. The van der Waals surface area contributed by atoms with Crippen molar-refractivity contribution in [3.8, 4) is 11.4 Å². The van der Waals surface area contributed by atoms with Crippen LogP contribution < -0.4 is 20.5 Å². The smallest absolute Gasteiger partial charge is 0.270 e. The third-order valence-electron chi connectivity index (χ3n) is 8.64. The molecule has 1 fully saturated rings. The molecule has 0 radical (unpaired) electrons. The van der Waals surface area contributed by atoms with Crippen molar-refractivity contribution in [1.29, 1.82) is 0 Å². The van der Waals surface area contributed by atoms with Crippen molar-refractivity contribution in [1.82, 2.24) is 28.8 Å². The molecular weight excluding hydrogens is 552 g/mol. The lowest BCUT2D eigenvalue weighted by Gasteiger charge is -2.38. The number of hydrogen-bond donors (Lipinski definition) is 1. The predicted molar refractivity (Wildman–Crippen MR) is 176 cm³/mol. The van der Waals surface area contributed by atoms with Crippen LogP contribution in [0.3, 0.4) is 0 Å². The first-order valence-electron chi connectivity index (χ1n) is 15.0. The van der Waals surface area contributed by atoms with Gasteiger partial charge in [-0.25, -0.2) is 14.5 Å². The van der Waals surface area contributed by atoms with Gasteiger partial charge in [-0.15, -0.1) is 0 Å². The van der Waals surface area contributed by atoms with Gasteiger partial charge in [-0.3, -0.25) is 14.1 Å². The largest absolute Gasteiger partial charge is 0.495 e. The SMILES string of the molecule is COc1cc(Nc2ncc3c(=O)n(-c4c(C)cccc4C)c4nc5ccccc5n4c3n2)ccc1N1CCN(C(C)C)CC1. The molecule has 3 aromatic carbocycles. The van der Waals surface area contributed by atoms with E-state index in [0.29, 0.717) is 28.8 Å². The number of piperazine rings is 1. The molecular formula is C34H36N8O2. The predicted octanol–water partition coefficient (Wildman–Crippen LogP) is 5.48. The lowest BCUT2D eigenvalue weighted by Crippen LogP contribution is -2.49. The van der Waals surface area contributed by atoms with Gasteiger partial charge < -0.3 is 15.0 Å². The molecule has 1 saturated heterocycles. The van der Waals surface area contributed by atoms with E-state index in [0.717, 1.165) is 71.2 Å². The maximum Gasteiger partial charge on any atom is 0.270 e. The summed E-state index contributed by atoms with van der Waals surface area (Å²) in [7, 11) is 1.70. The third kappa shape index (κ3) is 4.62. The molecule has 0 atom stereocenters. The van der Waals surface area contributed by atoms with Gasteiger partial charge in [0.2, 0.25) is 11.7 Å². The summed E-state index contributed by atoms with van der Waals surface area (Å²) < 4.78 is 9.45. The summed E-state index contributed by atoms with van der Waals surface area (Å²) in [4.78, 5) is 33.3. The topological polar surface area (TPSA) is 92.8 Å². The number of para-hydroxylation sites is 3. The Bertz CT molecular complexity index is 2070. The van der Waals surface area contributed by atoms with Crippen molar-refractivity contribution < 1.29 is 4.74 Å². The monoisotopic (exact) mass is 588 g/mol. The second-order valence-electron chi connectivity index (χ2n) is 11.7. The van der Waals surface area contributed by atoms with E-state index in [9.17, 15) is 4.79 Å². The molecule has 0 bridgehead atoms. The van der Waals surface area contributed by atoms with Crippen LogP contribution in [0.5, 0.6) is 5.75 Å². The molecule has 7 rings (SSSR count). The van der Waals surface area contributed by atoms with Crippen molar-refractivity contribution in [3.05, 3.63) is 88.3 Å². The van der Waals surface area contributed by atoms with Crippen LogP contribution >= 0.6 is 0 Å². The average molecular weight is 589 g/mol. The van der Waals surface area contributed by atoms with Crippen molar-refractivity contribution >= 4 is 45.2 Å². The third-order valence-corrected chi connectivity index (χ3v) is 8.64. The molecule has 10 heteroatoms. The average Bonchev–Trinajstić information content (AvgIpc) is 3.42. The summed E-state index contributed by atoms with van der Waals surface area (Å²) in [6.07, 6.45) is 1.60. The Morgan fingerprint density at radius 2 is 1.66 bits per heavy atom. The fourth-order valence-corrected chi connectivity index (χ4v) is 6.32. The van der Waals surface area contributed by atoms with Gasteiger partial charge in [0.05, 0.1) is 29.5 Å². The van der Waals surface area contributed by atoms with Crippen LogP contribution in [-0.4, -0.2) is 68.2 Å². The van der Waals surface area contributed by atoms with Crippen LogP contribution in [-0.2, 0) is 0 Å². The number of aryl methyl sites for hydroxylation is 2. The van der Waals surface area contributed by atoms with Gasteiger partial charge in [-0.05, 0) is 63.1 Å². The van der Waals surface area contributed by atoms with Crippen LogP contribution in [0, 0.1) is 13.8 Å². The van der Waals surface area contributed by atoms with E-state index in [1.165, 1.54) is 0 Å². The van der Waals surface area contributed by atoms with Gasteiger partial charge in [0.1, 0.15) is 11.1 Å². The van der Waals surface area contributed by atoms with Crippen LogP contribution in [0.4, 0.5) is 17.3 Å². The summed E-state index contributed by atoms with van der Waals surface area (Å²) in [6.45, 7) is 12.4. The molecule has 0 spiro atoms. The van der Waals surface area contributed by atoms with E-state index in [1.807, 2.05) is 72.8 Å². The highest BCUT2D eigenvalue weighted by Gasteiger charge is 2.23. The molecule has 10 nitrogen and oxygen atoms in total. The first-order valence-corrected chi connectivity index (χ1v) is 15.0. The lowest BCUT2D eigenvalue weighted by atomic mass is 10.1. The van der Waals surface area contributed by atoms with Gasteiger partial charge in [0.15, 0.2) is 5.65 Å². The number of aromatic nitrogens is 5. The molecule has 0 unspecified atom stereocenters. The Morgan fingerprint density at radius 3 is 2.39 bits per heavy atom. The summed E-state index contributed by atoms with van der Waals surface area (Å²) in [5.74, 6) is 1.67. The van der Waals surface area contributed by atoms with Crippen LogP contribution in [0.1, 0.15) is 25.0 Å². The Balaban J connectivity index is 1.31. The highest BCUT2D eigenvalue weighted by Crippen LogP contribution is 2.33. The number of rotatable bonds is 6. The molecule has 224 valence electrons. The van der Waals surface area contributed by atoms with E-state index >= 15 is 0 Å². The number of imidazole rings is 1. The molecule has 1 aliphatic rings. The molecule has 44 heavy (non-hydrogen) atoms. The lowest BCUT2D eigenvalue weighted by molar-refractivity contribution is 0.209. The van der Waals surface area contributed by atoms with Gasteiger partial charge >= 0.3 is 0 Å². The van der Waals surface area contributed by atoms with E-state index in [4.69, 9.17) is 14.7 Å². The van der Waals surface area contributed by atoms with Crippen LogP contribution in [0.15, 0.2) is 71.7 Å². The fourth-order valence-electron chi connectivity index (χ4n) is 6.32. The number of benzene rings is 3. The van der Waals surface area contributed by atoms with E-state index in [-0.39, 0.29) is 5.56 Å². The first kappa shape index (κ1) is 27.8. The zero-order chi connectivity index (χ0) is 30.5. The summed E-state index contributed by atoms with van der Waals surface area (Å²) in [6, 6.07) is 20.5. The summed E-state index contributed by atoms with van der Waals surface area (Å²) in [5.41, 5.74) is 6.57. The number of ether oxygens (including phenoxy) is 1. The number of methoxy groups -OCH3 is 1. The van der Waals surface area contributed by atoms with Gasteiger partial charge in [-0.2, -0.15) is 4.98 Å². The van der Waals surface area contributed by atoms with E-state index in [2.05, 4.69) is 40.0 Å². The van der Waals surface area contributed by atoms with E-state index < -0.39 is 0 Å². The Hall–Kier alpha value is -4.96. The van der Waals surface area contributed by atoms with Gasteiger partial charge in [0, 0.05) is 50.2 Å². The van der Waals surface area contributed by atoms with Gasteiger partial charge in [-0.1, -0.05) is 30.3 Å². The maximum atomic E-state index is 14.1. The molecule has 0 aliphatic carbocycles. The Morgan fingerprint density at radius 1 is 0.909 bits per heavy atom. The maximum absolute atomic E-state index is 14.1. The second-order valence-corrected chi connectivity index (χ2v) is 11.7. The van der Waals surface area contributed by atoms with Crippen molar-refractivity contribution in [2.75, 3.05) is 43.5 Å². The number of fused-ring (bicyclic) bond motifs is 5. The summed E-state index contributed by atoms with van der Waals surface area (Å²) in [5, 5.41) is 3.75. The first-order chi connectivity index (χ1) is 21.3. The highest BCUT2D eigenvalue weighted by atomic mass is 16.5. The molecule has 3 aromatic heterocycles. The second kappa shape index (κ2) is 10.9. The molecule has 4 heterocycles. The highest BCUT2D eigenvalue weighted by molar-refractivity contribution is 5.88. The van der Waals surface area contributed by atoms with E-state index in [1.54, 1.807) is 17.9 Å². The van der Waals surface area contributed by atoms with Gasteiger partial charge in [0.25, 0.3) is 5.56 Å².